The van der Waals surface area contributed by atoms with Crippen molar-refractivity contribution in [1.82, 2.24) is 4.98 Å². The van der Waals surface area contributed by atoms with Crippen molar-refractivity contribution in [3.8, 4) is 5.75 Å². The van der Waals surface area contributed by atoms with Gasteiger partial charge in [0.2, 0.25) is 11.6 Å². The van der Waals surface area contributed by atoms with Crippen LogP contribution in [0.2, 0.25) is 0 Å². The normalized spacial score (nSPS) is 9.55. The molecule has 11 heavy (non-hydrogen) atoms. The maximum absolute atomic E-state index is 12.4. The van der Waals surface area contributed by atoms with Crippen molar-refractivity contribution in [3.63, 3.8) is 0 Å². The van der Waals surface area contributed by atoms with Crippen LogP contribution in [0.25, 0.3) is 0 Å². The Morgan fingerprint density at radius 1 is 1.64 bits per heavy atom. The van der Waals surface area contributed by atoms with Crippen LogP contribution >= 0.6 is 0 Å². The SMILES string of the molecule is O=[N+]([O-])c1c(O)cncc1F. The molecule has 0 radical (unpaired) electrons. The van der Waals surface area contributed by atoms with Crippen LogP contribution in [0.1, 0.15) is 0 Å². The first kappa shape index (κ1) is 7.39. The van der Waals surface area contributed by atoms with Gasteiger partial charge in [0, 0.05) is 0 Å². The summed E-state index contributed by atoms with van der Waals surface area (Å²) in [4.78, 5) is 12.2. The Morgan fingerprint density at radius 2 is 2.27 bits per heavy atom. The number of nitro groups is 1. The number of pyridine rings is 1. The third kappa shape index (κ3) is 1.23. The Kier molecular flexibility index (Phi) is 1.67. The molecule has 0 amide bonds. The summed E-state index contributed by atoms with van der Waals surface area (Å²) in [6.07, 6.45) is 1.47. The minimum atomic E-state index is -1.14. The Balaban J connectivity index is 3.32. The summed E-state index contributed by atoms with van der Waals surface area (Å²) in [5.74, 6) is -1.91. The average molecular weight is 158 g/mol. The standard InChI is InChI=1S/C5H3FN2O3/c6-3-1-7-2-4(9)5(3)8(10)11/h1-2,9H. The van der Waals surface area contributed by atoms with E-state index in [2.05, 4.69) is 4.98 Å². The van der Waals surface area contributed by atoms with Gasteiger partial charge in [-0.1, -0.05) is 0 Å². The highest BCUT2D eigenvalue weighted by Crippen LogP contribution is 2.26. The van der Waals surface area contributed by atoms with Gasteiger partial charge in [-0.3, -0.25) is 15.1 Å². The van der Waals surface area contributed by atoms with E-state index in [0.29, 0.717) is 6.20 Å². The molecule has 1 aromatic rings. The van der Waals surface area contributed by atoms with Gasteiger partial charge in [0.05, 0.1) is 17.3 Å². The summed E-state index contributed by atoms with van der Waals surface area (Å²) < 4.78 is 12.4. The molecular weight excluding hydrogens is 155 g/mol. The molecule has 0 atom stereocenters. The molecule has 1 N–H and O–H groups in total. The third-order valence-electron chi connectivity index (χ3n) is 1.04. The molecule has 0 bridgehead atoms. The Bertz CT molecular complexity index is 282. The van der Waals surface area contributed by atoms with Crippen LogP contribution in [0.4, 0.5) is 10.1 Å². The molecule has 0 aromatic carbocycles. The van der Waals surface area contributed by atoms with Gasteiger partial charge < -0.3 is 5.11 Å². The first-order chi connectivity index (χ1) is 5.13. The van der Waals surface area contributed by atoms with Crippen molar-refractivity contribution in [1.29, 1.82) is 0 Å². The van der Waals surface area contributed by atoms with Crippen LogP contribution in [-0.4, -0.2) is 15.0 Å². The molecule has 0 fully saturated rings. The summed E-state index contributed by atoms with van der Waals surface area (Å²) in [5.41, 5.74) is -0.944. The number of nitrogens with zero attached hydrogens (tertiary/aromatic N) is 2. The molecule has 0 unspecified atom stereocenters. The van der Waals surface area contributed by atoms with Crippen LogP contribution in [0, 0.1) is 15.9 Å². The van der Waals surface area contributed by atoms with Crippen molar-refractivity contribution in [2.24, 2.45) is 0 Å². The molecule has 1 aromatic heterocycles. The fourth-order valence-corrected chi connectivity index (χ4v) is 0.599. The summed E-state index contributed by atoms with van der Waals surface area (Å²) in [7, 11) is 0. The third-order valence-corrected chi connectivity index (χ3v) is 1.04. The number of aromatic hydroxyl groups is 1. The van der Waals surface area contributed by atoms with E-state index in [1.807, 2.05) is 0 Å². The average Bonchev–Trinajstić information content (AvgIpc) is 1.85. The van der Waals surface area contributed by atoms with Gasteiger partial charge in [0.25, 0.3) is 0 Å². The highest BCUT2D eigenvalue weighted by Gasteiger charge is 2.19. The van der Waals surface area contributed by atoms with Gasteiger partial charge in [-0.05, 0) is 0 Å². The summed E-state index contributed by atoms with van der Waals surface area (Å²) >= 11 is 0. The molecule has 0 aliphatic carbocycles. The van der Waals surface area contributed by atoms with Crippen molar-refractivity contribution < 1.29 is 14.4 Å². The predicted octanol–water partition coefficient (Wildman–Crippen LogP) is 0.834. The lowest BCUT2D eigenvalue weighted by atomic mass is 10.4. The molecule has 5 nitrogen and oxygen atoms in total. The van der Waals surface area contributed by atoms with Crippen molar-refractivity contribution >= 4 is 5.69 Å². The van der Waals surface area contributed by atoms with E-state index in [4.69, 9.17) is 5.11 Å². The molecule has 6 heteroatoms. The maximum Gasteiger partial charge on any atom is 0.349 e. The zero-order valence-corrected chi connectivity index (χ0v) is 5.19. The largest absolute Gasteiger partial charge is 0.501 e. The van der Waals surface area contributed by atoms with Gasteiger partial charge in [-0.25, -0.2) is 0 Å². The van der Waals surface area contributed by atoms with E-state index >= 15 is 0 Å². The highest BCUT2D eigenvalue weighted by molar-refractivity contribution is 5.43. The molecule has 0 saturated carbocycles. The minimum Gasteiger partial charge on any atom is -0.501 e. The summed E-state index contributed by atoms with van der Waals surface area (Å²) in [5, 5.41) is 18.7. The van der Waals surface area contributed by atoms with Gasteiger partial charge in [-0.15, -0.1) is 0 Å². The van der Waals surface area contributed by atoms with Crippen molar-refractivity contribution in [3.05, 3.63) is 28.3 Å². The predicted molar refractivity (Wildman–Crippen MR) is 32.5 cm³/mol. The zero-order chi connectivity index (χ0) is 8.43. The van der Waals surface area contributed by atoms with E-state index in [-0.39, 0.29) is 0 Å². The fourth-order valence-electron chi connectivity index (χ4n) is 0.599. The molecule has 0 aliphatic rings. The Morgan fingerprint density at radius 3 is 2.64 bits per heavy atom. The van der Waals surface area contributed by atoms with Gasteiger partial charge >= 0.3 is 5.69 Å². The molecule has 0 aliphatic heterocycles. The topological polar surface area (TPSA) is 76.3 Å². The number of rotatable bonds is 1. The van der Waals surface area contributed by atoms with Crippen LogP contribution in [0.15, 0.2) is 12.4 Å². The van der Waals surface area contributed by atoms with E-state index in [1.165, 1.54) is 0 Å². The maximum atomic E-state index is 12.4. The number of halogens is 1. The van der Waals surface area contributed by atoms with Crippen LogP contribution < -0.4 is 0 Å². The van der Waals surface area contributed by atoms with Crippen molar-refractivity contribution in [2.45, 2.75) is 0 Å². The molecule has 58 valence electrons. The quantitative estimate of drug-likeness (QED) is 0.485. The second kappa shape index (κ2) is 2.49. The molecule has 1 heterocycles. The second-order valence-electron chi connectivity index (χ2n) is 1.75. The lowest BCUT2D eigenvalue weighted by molar-refractivity contribution is -0.388. The van der Waals surface area contributed by atoms with E-state index < -0.39 is 22.2 Å². The Hall–Kier alpha value is -1.72. The lowest BCUT2D eigenvalue weighted by Gasteiger charge is -1.93. The first-order valence-electron chi connectivity index (χ1n) is 2.60. The van der Waals surface area contributed by atoms with Gasteiger partial charge in [0.15, 0.2) is 0 Å². The van der Waals surface area contributed by atoms with Gasteiger partial charge in [0.1, 0.15) is 0 Å². The van der Waals surface area contributed by atoms with Crippen LogP contribution in [-0.2, 0) is 0 Å². The summed E-state index contributed by atoms with van der Waals surface area (Å²) in [6, 6.07) is 0. The van der Waals surface area contributed by atoms with E-state index in [1.54, 1.807) is 0 Å². The lowest BCUT2D eigenvalue weighted by Crippen LogP contribution is -1.93. The molecule has 0 saturated heterocycles. The number of aromatic nitrogens is 1. The monoisotopic (exact) mass is 158 g/mol. The fraction of sp³-hybridized carbons (Fsp3) is 0. The molecular formula is C5H3FN2O3. The Labute approximate surface area is 60.3 Å². The number of hydrogen-bond acceptors (Lipinski definition) is 4. The summed E-state index contributed by atoms with van der Waals surface area (Å²) in [6.45, 7) is 0. The highest BCUT2D eigenvalue weighted by atomic mass is 19.1. The van der Waals surface area contributed by atoms with E-state index in [9.17, 15) is 14.5 Å². The van der Waals surface area contributed by atoms with E-state index in [0.717, 1.165) is 6.20 Å². The zero-order valence-electron chi connectivity index (χ0n) is 5.19. The first-order valence-corrected chi connectivity index (χ1v) is 2.60. The smallest absolute Gasteiger partial charge is 0.349 e. The van der Waals surface area contributed by atoms with Crippen molar-refractivity contribution in [2.75, 3.05) is 0 Å². The van der Waals surface area contributed by atoms with Gasteiger partial charge in [-0.2, -0.15) is 4.39 Å². The van der Waals surface area contributed by atoms with Crippen LogP contribution in [0.5, 0.6) is 5.75 Å². The minimum absolute atomic E-state index is 0.665. The molecule has 0 spiro atoms. The van der Waals surface area contributed by atoms with Crippen LogP contribution in [0.3, 0.4) is 0 Å². The number of hydrogen-bond donors (Lipinski definition) is 1. The molecule has 1 rings (SSSR count). The second-order valence-corrected chi connectivity index (χ2v) is 1.75.